The van der Waals surface area contributed by atoms with Gasteiger partial charge in [-0.05, 0) is 24.6 Å². The number of amides is 1. The van der Waals surface area contributed by atoms with Crippen molar-refractivity contribution in [1.82, 2.24) is 9.88 Å². The van der Waals surface area contributed by atoms with Crippen LogP contribution in [0.3, 0.4) is 0 Å². The van der Waals surface area contributed by atoms with Gasteiger partial charge < -0.3 is 19.7 Å². The van der Waals surface area contributed by atoms with E-state index in [9.17, 15) is 14.0 Å². The number of halogens is 1. The van der Waals surface area contributed by atoms with Gasteiger partial charge in [-0.25, -0.2) is 4.39 Å². The van der Waals surface area contributed by atoms with Crippen LogP contribution in [0.2, 0.25) is 0 Å². The fourth-order valence-corrected chi connectivity index (χ4v) is 3.08. The molecule has 1 aromatic heterocycles. The predicted molar refractivity (Wildman–Crippen MR) is 80.7 cm³/mol. The molecule has 0 bridgehead atoms. The number of rotatable bonds is 4. The maximum absolute atomic E-state index is 13.8. The van der Waals surface area contributed by atoms with Gasteiger partial charge in [-0.1, -0.05) is 6.07 Å². The van der Waals surface area contributed by atoms with Crippen LogP contribution >= 0.6 is 0 Å². The number of fused-ring (bicyclic) bond motifs is 1. The van der Waals surface area contributed by atoms with Crippen LogP contribution in [0.15, 0.2) is 24.3 Å². The maximum atomic E-state index is 13.8. The summed E-state index contributed by atoms with van der Waals surface area (Å²) in [5.74, 6) is -1.71. The standard InChI is InChI=1S/C16H17FN2O4/c1-23-10-5-9(6-15(20)21)19(8-10)16(22)14-7-11-12(17)3-2-4-13(11)18-14/h2-4,7,9-10,18H,5-6,8H2,1H3,(H,20,21). The number of carboxylic acids is 1. The smallest absolute Gasteiger partial charge is 0.305 e. The first-order valence-corrected chi connectivity index (χ1v) is 7.32. The number of likely N-dealkylation sites (tertiary alicyclic amines) is 1. The molecule has 2 N–H and O–H groups in total. The summed E-state index contributed by atoms with van der Waals surface area (Å²) >= 11 is 0. The highest BCUT2D eigenvalue weighted by Crippen LogP contribution is 2.26. The number of carbonyl (C=O) groups excluding carboxylic acids is 1. The number of nitrogens with zero attached hydrogens (tertiary/aromatic N) is 1. The number of hydrogen-bond acceptors (Lipinski definition) is 3. The first-order valence-electron chi connectivity index (χ1n) is 7.32. The van der Waals surface area contributed by atoms with Crippen molar-refractivity contribution in [2.75, 3.05) is 13.7 Å². The monoisotopic (exact) mass is 320 g/mol. The highest BCUT2D eigenvalue weighted by atomic mass is 19.1. The zero-order valence-electron chi connectivity index (χ0n) is 12.6. The number of methoxy groups -OCH3 is 1. The van der Waals surface area contributed by atoms with Gasteiger partial charge in [0, 0.05) is 30.6 Å². The fraction of sp³-hybridized carbons (Fsp3) is 0.375. The van der Waals surface area contributed by atoms with Crippen molar-refractivity contribution in [2.45, 2.75) is 25.0 Å². The summed E-state index contributed by atoms with van der Waals surface area (Å²) in [6.07, 6.45) is 0.146. The molecule has 0 radical (unpaired) electrons. The molecule has 23 heavy (non-hydrogen) atoms. The third-order valence-electron chi connectivity index (χ3n) is 4.22. The van der Waals surface area contributed by atoms with Gasteiger partial charge in [-0.15, -0.1) is 0 Å². The third-order valence-corrected chi connectivity index (χ3v) is 4.22. The van der Waals surface area contributed by atoms with Gasteiger partial charge >= 0.3 is 5.97 Å². The summed E-state index contributed by atoms with van der Waals surface area (Å²) in [5, 5.41) is 9.36. The zero-order chi connectivity index (χ0) is 16.6. The lowest BCUT2D eigenvalue weighted by atomic mass is 10.1. The number of carboxylic acid groups (broad SMARTS) is 1. The van der Waals surface area contributed by atoms with Gasteiger partial charge in [-0.2, -0.15) is 0 Å². The summed E-state index contributed by atoms with van der Waals surface area (Å²) in [6.45, 7) is 0.325. The SMILES string of the molecule is COC1CC(CC(=O)O)N(C(=O)c2cc3c(F)cccc3[nH]2)C1. The fourth-order valence-electron chi connectivity index (χ4n) is 3.08. The molecule has 3 rings (SSSR count). The zero-order valence-corrected chi connectivity index (χ0v) is 12.6. The lowest BCUT2D eigenvalue weighted by molar-refractivity contribution is -0.138. The van der Waals surface area contributed by atoms with E-state index < -0.39 is 17.8 Å². The Kier molecular flexibility index (Phi) is 4.04. The molecule has 122 valence electrons. The molecule has 1 aromatic carbocycles. The van der Waals surface area contributed by atoms with Gasteiger partial charge in [0.2, 0.25) is 0 Å². The maximum Gasteiger partial charge on any atom is 0.305 e. The normalized spacial score (nSPS) is 21.0. The van der Waals surface area contributed by atoms with Gasteiger partial charge in [-0.3, -0.25) is 9.59 Å². The second-order valence-electron chi connectivity index (χ2n) is 5.69. The number of nitrogens with one attached hydrogen (secondary N) is 1. The van der Waals surface area contributed by atoms with Crippen LogP contribution in [-0.2, 0) is 9.53 Å². The first kappa shape index (κ1) is 15.5. The van der Waals surface area contributed by atoms with Crippen LogP contribution in [0.4, 0.5) is 4.39 Å². The van der Waals surface area contributed by atoms with Crippen LogP contribution in [0.5, 0.6) is 0 Å². The highest BCUT2D eigenvalue weighted by molar-refractivity contribution is 5.98. The van der Waals surface area contributed by atoms with E-state index in [4.69, 9.17) is 9.84 Å². The first-order chi connectivity index (χ1) is 11.0. The Labute approximate surface area is 131 Å². The number of aromatic nitrogens is 1. The quantitative estimate of drug-likeness (QED) is 0.903. The number of ether oxygens (including phenoxy) is 1. The van der Waals surface area contributed by atoms with Crippen molar-refractivity contribution in [1.29, 1.82) is 0 Å². The lowest BCUT2D eigenvalue weighted by Crippen LogP contribution is -2.37. The minimum atomic E-state index is -0.966. The lowest BCUT2D eigenvalue weighted by Gasteiger charge is -2.22. The Morgan fingerprint density at radius 2 is 2.26 bits per heavy atom. The van der Waals surface area contributed by atoms with Gasteiger partial charge in [0.25, 0.3) is 5.91 Å². The van der Waals surface area contributed by atoms with Crippen LogP contribution < -0.4 is 0 Å². The van der Waals surface area contributed by atoms with Crippen LogP contribution in [0.25, 0.3) is 10.9 Å². The molecule has 1 fully saturated rings. The summed E-state index contributed by atoms with van der Waals surface area (Å²) in [6, 6.07) is 5.61. The van der Waals surface area contributed by atoms with E-state index in [0.717, 1.165) is 0 Å². The second kappa shape index (κ2) is 6.00. The molecule has 2 aromatic rings. The number of carbonyl (C=O) groups is 2. The van der Waals surface area contributed by atoms with E-state index in [1.165, 1.54) is 24.1 Å². The Morgan fingerprint density at radius 1 is 1.48 bits per heavy atom. The molecule has 0 aliphatic carbocycles. The van der Waals surface area contributed by atoms with Crippen molar-refractivity contribution in [3.05, 3.63) is 35.8 Å². The average Bonchev–Trinajstić information content (AvgIpc) is 3.10. The Morgan fingerprint density at radius 3 is 2.91 bits per heavy atom. The topological polar surface area (TPSA) is 82.6 Å². The van der Waals surface area contributed by atoms with Gasteiger partial charge in [0.15, 0.2) is 0 Å². The van der Waals surface area contributed by atoms with Crippen LogP contribution in [0, 0.1) is 5.82 Å². The highest BCUT2D eigenvalue weighted by Gasteiger charge is 2.37. The van der Waals surface area contributed by atoms with E-state index in [1.54, 1.807) is 12.1 Å². The Balaban J connectivity index is 1.90. The largest absolute Gasteiger partial charge is 0.481 e. The second-order valence-corrected chi connectivity index (χ2v) is 5.69. The Hall–Kier alpha value is -2.41. The van der Waals surface area contributed by atoms with Crippen molar-refractivity contribution < 1.29 is 23.8 Å². The molecule has 1 amide bonds. The summed E-state index contributed by atoms with van der Waals surface area (Å²) in [7, 11) is 1.54. The third kappa shape index (κ3) is 2.92. The Bertz CT molecular complexity index is 758. The number of aromatic amines is 1. The summed E-state index contributed by atoms with van der Waals surface area (Å²) in [5.41, 5.74) is 0.780. The molecular formula is C16H17FN2O4. The molecule has 1 saturated heterocycles. The van der Waals surface area contributed by atoms with Crippen molar-refractivity contribution in [3.8, 4) is 0 Å². The molecule has 2 heterocycles. The van der Waals surface area contributed by atoms with E-state index in [1.807, 2.05) is 0 Å². The van der Waals surface area contributed by atoms with Crippen molar-refractivity contribution in [3.63, 3.8) is 0 Å². The average molecular weight is 320 g/mol. The van der Waals surface area contributed by atoms with Crippen molar-refractivity contribution >= 4 is 22.8 Å². The van der Waals surface area contributed by atoms with E-state index in [-0.39, 0.29) is 24.1 Å². The molecule has 1 aliphatic heterocycles. The van der Waals surface area contributed by atoms with E-state index in [0.29, 0.717) is 23.9 Å². The molecule has 2 unspecified atom stereocenters. The summed E-state index contributed by atoms with van der Waals surface area (Å²) in [4.78, 5) is 28.1. The van der Waals surface area contributed by atoms with Crippen LogP contribution in [0.1, 0.15) is 23.3 Å². The molecular weight excluding hydrogens is 303 g/mol. The molecule has 0 spiro atoms. The molecule has 6 nitrogen and oxygen atoms in total. The van der Waals surface area contributed by atoms with Crippen LogP contribution in [-0.4, -0.2) is 52.7 Å². The van der Waals surface area contributed by atoms with Crippen molar-refractivity contribution in [2.24, 2.45) is 0 Å². The van der Waals surface area contributed by atoms with Gasteiger partial charge in [0.1, 0.15) is 11.5 Å². The molecule has 1 aliphatic rings. The number of benzene rings is 1. The van der Waals surface area contributed by atoms with E-state index >= 15 is 0 Å². The van der Waals surface area contributed by atoms with E-state index in [2.05, 4.69) is 4.98 Å². The molecule has 0 saturated carbocycles. The number of hydrogen-bond donors (Lipinski definition) is 2. The molecule has 2 atom stereocenters. The molecule has 7 heteroatoms. The minimum absolute atomic E-state index is 0.139. The predicted octanol–water partition coefficient (Wildman–Crippen LogP) is 2.01. The summed E-state index contributed by atoms with van der Waals surface area (Å²) < 4.78 is 19.0. The number of H-pyrrole nitrogens is 1. The minimum Gasteiger partial charge on any atom is -0.481 e. The number of aliphatic carboxylic acids is 1. The van der Waals surface area contributed by atoms with Gasteiger partial charge in [0.05, 0.1) is 12.5 Å².